The number of anilines is 1. The molecule has 0 aromatic heterocycles. The fraction of sp³-hybridized carbons (Fsp3) is 0.647. The second-order valence-electron chi connectivity index (χ2n) is 6.63. The number of fused-ring (bicyclic) bond motifs is 1. The van der Waals surface area contributed by atoms with Crippen LogP contribution in [0, 0.1) is 11.8 Å². The highest BCUT2D eigenvalue weighted by atomic mass is 15.2. The number of para-hydroxylation sites is 1. The summed E-state index contributed by atoms with van der Waals surface area (Å²) in [6.07, 6.45) is 7.21. The standard InChI is InChI=1S/C17H24N2/c1-2-4-17-15(3-1)11-18-16(14-7-8-14)12-19(17)10-9-13-5-6-13/h1-4,13-14,16,18H,5-12H2. The first-order chi connectivity index (χ1) is 9.40. The van der Waals surface area contributed by atoms with Crippen LogP contribution in [0.4, 0.5) is 5.69 Å². The van der Waals surface area contributed by atoms with Crippen molar-refractivity contribution in [1.29, 1.82) is 0 Å². The Morgan fingerprint density at radius 2 is 1.95 bits per heavy atom. The molecule has 2 aliphatic carbocycles. The highest BCUT2D eigenvalue weighted by Gasteiger charge is 2.34. The third kappa shape index (κ3) is 2.64. The minimum absolute atomic E-state index is 0.714. The van der Waals surface area contributed by atoms with E-state index in [-0.39, 0.29) is 0 Å². The Bertz CT molecular complexity index is 448. The monoisotopic (exact) mass is 256 g/mol. The van der Waals surface area contributed by atoms with Crippen LogP contribution in [0.5, 0.6) is 0 Å². The summed E-state index contributed by atoms with van der Waals surface area (Å²) in [4.78, 5) is 2.66. The van der Waals surface area contributed by atoms with Crippen LogP contribution in [0.3, 0.4) is 0 Å². The van der Waals surface area contributed by atoms with Gasteiger partial charge in [-0.15, -0.1) is 0 Å². The molecule has 1 atom stereocenters. The van der Waals surface area contributed by atoms with Gasteiger partial charge in [-0.05, 0) is 42.7 Å². The van der Waals surface area contributed by atoms with Crippen molar-refractivity contribution in [3.63, 3.8) is 0 Å². The fourth-order valence-corrected chi connectivity index (χ4v) is 3.38. The lowest BCUT2D eigenvalue weighted by molar-refractivity contribution is 0.464. The third-order valence-electron chi connectivity index (χ3n) is 5.00. The first-order valence-corrected chi connectivity index (χ1v) is 7.96. The Balaban J connectivity index is 1.54. The van der Waals surface area contributed by atoms with E-state index in [1.807, 2.05) is 0 Å². The number of hydrogen-bond donors (Lipinski definition) is 1. The summed E-state index contributed by atoms with van der Waals surface area (Å²) >= 11 is 0. The number of rotatable bonds is 4. The zero-order chi connectivity index (χ0) is 12.7. The molecule has 1 heterocycles. The van der Waals surface area contributed by atoms with E-state index in [4.69, 9.17) is 0 Å². The van der Waals surface area contributed by atoms with Gasteiger partial charge in [0.15, 0.2) is 0 Å². The summed E-state index contributed by atoms with van der Waals surface area (Å²) in [6.45, 7) is 3.53. The molecule has 0 saturated heterocycles. The van der Waals surface area contributed by atoms with Crippen LogP contribution in [-0.2, 0) is 6.54 Å². The van der Waals surface area contributed by atoms with Crippen LogP contribution in [0.2, 0.25) is 0 Å². The molecule has 1 aromatic carbocycles. The summed E-state index contributed by atoms with van der Waals surface area (Å²) in [5, 5.41) is 3.79. The lowest BCUT2D eigenvalue weighted by Gasteiger charge is -2.28. The molecule has 1 aromatic rings. The molecule has 1 N–H and O–H groups in total. The Morgan fingerprint density at radius 1 is 1.11 bits per heavy atom. The van der Waals surface area contributed by atoms with Crippen molar-refractivity contribution >= 4 is 5.69 Å². The van der Waals surface area contributed by atoms with Gasteiger partial charge < -0.3 is 10.2 Å². The van der Waals surface area contributed by atoms with E-state index < -0.39 is 0 Å². The van der Waals surface area contributed by atoms with Crippen molar-refractivity contribution in [1.82, 2.24) is 5.32 Å². The summed E-state index contributed by atoms with van der Waals surface area (Å²) in [6, 6.07) is 9.70. The Kier molecular flexibility index (Phi) is 2.99. The topological polar surface area (TPSA) is 15.3 Å². The molecule has 0 amide bonds. The van der Waals surface area contributed by atoms with Crippen molar-refractivity contribution in [2.24, 2.45) is 11.8 Å². The number of nitrogens with one attached hydrogen (secondary N) is 1. The van der Waals surface area contributed by atoms with Crippen molar-refractivity contribution in [3.8, 4) is 0 Å². The summed E-state index contributed by atoms with van der Waals surface area (Å²) in [5.74, 6) is 1.97. The zero-order valence-electron chi connectivity index (χ0n) is 11.6. The van der Waals surface area contributed by atoms with E-state index in [0.29, 0.717) is 6.04 Å². The molecular weight excluding hydrogens is 232 g/mol. The van der Waals surface area contributed by atoms with Gasteiger partial charge in [-0.25, -0.2) is 0 Å². The fourth-order valence-electron chi connectivity index (χ4n) is 3.38. The highest BCUT2D eigenvalue weighted by Crippen LogP contribution is 2.37. The van der Waals surface area contributed by atoms with Crippen molar-refractivity contribution in [2.45, 2.75) is 44.7 Å². The van der Waals surface area contributed by atoms with Gasteiger partial charge in [0, 0.05) is 31.4 Å². The van der Waals surface area contributed by atoms with Gasteiger partial charge in [-0.3, -0.25) is 0 Å². The van der Waals surface area contributed by atoms with Crippen LogP contribution in [0.1, 0.15) is 37.7 Å². The van der Waals surface area contributed by atoms with Gasteiger partial charge in [-0.2, -0.15) is 0 Å². The lowest BCUT2D eigenvalue weighted by Crippen LogP contribution is -2.40. The van der Waals surface area contributed by atoms with Crippen molar-refractivity contribution in [3.05, 3.63) is 29.8 Å². The molecule has 102 valence electrons. The summed E-state index contributed by atoms with van der Waals surface area (Å²) in [5.41, 5.74) is 2.97. The molecule has 2 saturated carbocycles. The molecule has 0 spiro atoms. The van der Waals surface area contributed by atoms with E-state index in [2.05, 4.69) is 34.5 Å². The normalized spacial score (nSPS) is 26.9. The molecule has 3 aliphatic rings. The van der Waals surface area contributed by atoms with Crippen LogP contribution >= 0.6 is 0 Å². The maximum absolute atomic E-state index is 3.79. The molecular formula is C17H24N2. The van der Waals surface area contributed by atoms with Crippen molar-refractivity contribution < 1.29 is 0 Å². The van der Waals surface area contributed by atoms with E-state index in [1.54, 1.807) is 0 Å². The van der Waals surface area contributed by atoms with E-state index in [1.165, 1.54) is 56.4 Å². The molecule has 0 radical (unpaired) electrons. The Labute approximate surface area is 116 Å². The quantitative estimate of drug-likeness (QED) is 0.890. The number of hydrogen-bond acceptors (Lipinski definition) is 2. The second kappa shape index (κ2) is 4.82. The Morgan fingerprint density at radius 3 is 2.74 bits per heavy atom. The number of benzene rings is 1. The minimum atomic E-state index is 0.714. The van der Waals surface area contributed by atoms with Crippen LogP contribution in [0.15, 0.2) is 24.3 Å². The van der Waals surface area contributed by atoms with Gasteiger partial charge in [0.25, 0.3) is 0 Å². The average molecular weight is 256 g/mol. The molecule has 1 aliphatic heterocycles. The molecule has 19 heavy (non-hydrogen) atoms. The SMILES string of the molecule is c1ccc2c(c1)CNC(C1CC1)CN2CCC1CC1. The van der Waals surface area contributed by atoms with Gasteiger partial charge in [0.1, 0.15) is 0 Å². The van der Waals surface area contributed by atoms with E-state index in [9.17, 15) is 0 Å². The van der Waals surface area contributed by atoms with Crippen LogP contribution in [-0.4, -0.2) is 19.1 Å². The van der Waals surface area contributed by atoms with Gasteiger partial charge >= 0.3 is 0 Å². The summed E-state index contributed by atoms with van der Waals surface area (Å²) < 4.78 is 0. The average Bonchev–Trinajstić information content (AvgIpc) is 3.30. The summed E-state index contributed by atoms with van der Waals surface area (Å²) in [7, 11) is 0. The maximum Gasteiger partial charge on any atom is 0.0412 e. The molecule has 2 fully saturated rings. The molecule has 4 rings (SSSR count). The maximum atomic E-state index is 3.79. The first kappa shape index (κ1) is 11.8. The largest absolute Gasteiger partial charge is 0.370 e. The van der Waals surface area contributed by atoms with Gasteiger partial charge in [-0.1, -0.05) is 31.0 Å². The zero-order valence-corrected chi connectivity index (χ0v) is 11.6. The van der Waals surface area contributed by atoms with Crippen molar-refractivity contribution in [2.75, 3.05) is 18.0 Å². The molecule has 1 unspecified atom stereocenters. The van der Waals surface area contributed by atoms with Crippen LogP contribution in [0.25, 0.3) is 0 Å². The van der Waals surface area contributed by atoms with Gasteiger partial charge in [0.05, 0.1) is 0 Å². The molecule has 2 heteroatoms. The third-order valence-corrected chi connectivity index (χ3v) is 5.00. The van der Waals surface area contributed by atoms with Gasteiger partial charge in [0.2, 0.25) is 0 Å². The predicted molar refractivity (Wildman–Crippen MR) is 79.3 cm³/mol. The van der Waals surface area contributed by atoms with E-state index in [0.717, 1.165) is 18.4 Å². The lowest BCUT2D eigenvalue weighted by atomic mass is 10.1. The van der Waals surface area contributed by atoms with E-state index >= 15 is 0 Å². The number of nitrogens with zero attached hydrogens (tertiary/aromatic N) is 1. The predicted octanol–water partition coefficient (Wildman–Crippen LogP) is 3.17. The smallest absolute Gasteiger partial charge is 0.0412 e. The van der Waals surface area contributed by atoms with Crippen LogP contribution < -0.4 is 10.2 Å². The molecule has 0 bridgehead atoms. The Hall–Kier alpha value is -1.02. The first-order valence-electron chi connectivity index (χ1n) is 7.96. The highest BCUT2D eigenvalue weighted by molar-refractivity contribution is 5.54. The second-order valence-corrected chi connectivity index (χ2v) is 6.63. The minimum Gasteiger partial charge on any atom is -0.370 e. The molecule has 2 nitrogen and oxygen atoms in total.